The SMILES string of the molecule is COc1ccc(-c2c(-c3cnn(C4CCN(C(=O)O)CC4)c3)n(C)c3ncnc(N)c23)cc1. The van der Waals surface area contributed by atoms with E-state index in [9.17, 15) is 9.90 Å². The minimum absolute atomic E-state index is 0.151. The van der Waals surface area contributed by atoms with E-state index in [0.29, 0.717) is 18.9 Å². The summed E-state index contributed by atoms with van der Waals surface area (Å²) in [5.41, 5.74) is 10.8. The first-order valence-corrected chi connectivity index (χ1v) is 10.7. The van der Waals surface area contributed by atoms with Gasteiger partial charge in [-0.15, -0.1) is 0 Å². The lowest BCUT2D eigenvalue weighted by atomic mass is 10.00. The molecule has 4 heterocycles. The highest BCUT2D eigenvalue weighted by Crippen LogP contribution is 2.42. The van der Waals surface area contributed by atoms with Crippen molar-refractivity contribution in [2.24, 2.45) is 7.05 Å². The summed E-state index contributed by atoms with van der Waals surface area (Å²) in [5, 5.41) is 14.6. The molecule has 1 fully saturated rings. The van der Waals surface area contributed by atoms with Gasteiger partial charge in [-0.05, 0) is 30.5 Å². The summed E-state index contributed by atoms with van der Waals surface area (Å²) in [6.07, 6.45) is 5.92. The van der Waals surface area contributed by atoms with E-state index in [0.717, 1.165) is 52.0 Å². The van der Waals surface area contributed by atoms with Crippen LogP contribution in [0.2, 0.25) is 0 Å². The molecule has 33 heavy (non-hydrogen) atoms. The number of piperidine rings is 1. The van der Waals surface area contributed by atoms with Crippen LogP contribution in [0.1, 0.15) is 18.9 Å². The Labute approximate surface area is 190 Å². The molecule has 0 saturated carbocycles. The molecule has 10 nitrogen and oxygen atoms in total. The molecule has 1 aliphatic heterocycles. The van der Waals surface area contributed by atoms with Gasteiger partial charge in [-0.25, -0.2) is 14.8 Å². The molecule has 0 atom stereocenters. The van der Waals surface area contributed by atoms with E-state index >= 15 is 0 Å². The number of aromatic nitrogens is 5. The number of nitrogens with zero attached hydrogens (tertiary/aromatic N) is 6. The maximum absolute atomic E-state index is 11.2. The highest BCUT2D eigenvalue weighted by molar-refractivity contribution is 6.07. The number of aryl methyl sites for hydroxylation is 1. The smallest absolute Gasteiger partial charge is 0.407 e. The summed E-state index contributed by atoms with van der Waals surface area (Å²) in [5.74, 6) is 1.19. The zero-order chi connectivity index (χ0) is 23.1. The number of nitrogens with two attached hydrogens (primary N) is 1. The lowest BCUT2D eigenvalue weighted by molar-refractivity contribution is 0.124. The van der Waals surface area contributed by atoms with Gasteiger partial charge in [-0.3, -0.25) is 4.68 Å². The van der Waals surface area contributed by atoms with Crippen LogP contribution in [-0.4, -0.2) is 60.6 Å². The molecule has 0 radical (unpaired) electrons. The van der Waals surface area contributed by atoms with Crippen LogP contribution < -0.4 is 10.5 Å². The maximum atomic E-state index is 11.2. The highest BCUT2D eigenvalue weighted by Gasteiger charge is 2.26. The maximum Gasteiger partial charge on any atom is 0.407 e. The molecule has 1 aliphatic rings. The largest absolute Gasteiger partial charge is 0.497 e. The summed E-state index contributed by atoms with van der Waals surface area (Å²) in [6.45, 7) is 1.01. The van der Waals surface area contributed by atoms with Crippen molar-refractivity contribution in [3.63, 3.8) is 0 Å². The van der Waals surface area contributed by atoms with Crippen molar-refractivity contribution >= 4 is 22.9 Å². The topological polar surface area (TPSA) is 124 Å². The number of likely N-dealkylation sites (tertiary alicyclic amines) is 1. The van der Waals surface area contributed by atoms with E-state index in [2.05, 4.69) is 15.1 Å². The predicted octanol–water partition coefficient (Wildman–Crippen LogP) is 3.40. The normalized spacial score (nSPS) is 14.7. The van der Waals surface area contributed by atoms with Crippen LogP contribution in [0.25, 0.3) is 33.4 Å². The van der Waals surface area contributed by atoms with Crippen LogP contribution in [0.4, 0.5) is 10.6 Å². The van der Waals surface area contributed by atoms with Crippen LogP contribution in [-0.2, 0) is 7.05 Å². The third-order valence-corrected chi connectivity index (χ3v) is 6.36. The van der Waals surface area contributed by atoms with Crippen LogP contribution >= 0.6 is 0 Å². The summed E-state index contributed by atoms with van der Waals surface area (Å²) in [6, 6.07) is 7.97. The molecule has 3 N–H and O–H groups in total. The van der Waals surface area contributed by atoms with Crippen molar-refractivity contribution in [3.8, 4) is 28.1 Å². The number of methoxy groups -OCH3 is 1. The summed E-state index contributed by atoms with van der Waals surface area (Å²) in [4.78, 5) is 21.4. The van der Waals surface area contributed by atoms with Gasteiger partial charge < -0.3 is 25.0 Å². The van der Waals surface area contributed by atoms with E-state index in [1.54, 1.807) is 7.11 Å². The second-order valence-electron chi connectivity index (χ2n) is 8.18. The minimum Gasteiger partial charge on any atom is -0.497 e. The van der Waals surface area contributed by atoms with Crippen molar-refractivity contribution in [2.45, 2.75) is 18.9 Å². The van der Waals surface area contributed by atoms with Gasteiger partial charge in [-0.1, -0.05) is 12.1 Å². The Kier molecular flexibility index (Phi) is 5.12. The lowest BCUT2D eigenvalue weighted by Gasteiger charge is -2.30. The molecule has 1 saturated heterocycles. The standard InChI is InChI=1S/C23H25N7O3/c1-28-20(15-11-27-30(12-15)16-7-9-29(10-8-16)23(31)32)18(14-3-5-17(33-2)6-4-14)19-21(24)25-13-26-22(19)28/h3-6,11-13,16H,7-10H2,1-2H3,(H,31,32)(H2,24,25,26). The van der Waals surface area contributed by atoms with E-state index in [-0.39, 0.29) is 6.04 Å². The first kappa shape index (κ1) is 20.8. The number of benzene rings is 1. The Morgan fingerprint density at radius 3 is 2.55 bits per heavy atom. The molecule has 5 rings (SSSR count). The van der Waals surface area contributed by atoms with Gasteiger partial charge in [0.25, 0.3) is 0 Å². The average Bonchev–Trinajstić information content (AvgIpc) is 3.43. The predicted molar refractivity (Wildman–Crippen MR) is 124 cm³/mol. The van der Waals surface area contributed by atoms with Crippen molar-refractivity contribution in [1.29, 1.82) is 0 Å². The summed E-state index contributed by atoms with van der Waals surface area (Å²) >= 11 is 0. The van der Waals surface area contributed by atoms with E-state index in [1.165, 1.54) is 11.2 Å². The number of ether oxygens (including phenoxy) is 1. The molecular formula is C23H25N7O3. The molecule has 0 aliphatic carbocycles. The van der Waals surface area contributed by atoms with Crippen molar-refractivity contribution in [1.82, 2.24) is 29.2 Å². The first-order valence-electron chi connectivity index (χ1n) is 10.7. The Hall–Kier alpha value is -4.08. The van der Waals surface area contributed by atoms with Crippen LogP contribution in [0.15, 0.2) is 43.0 Å². The van der Waals surface area contributed by atoms with Gasteiger partial charge in [0.15, 0.2) is 0 Å². The molecule has 3 aromatic heterocycles. The van der Waals surface area contributed by atoms with Gasteiger partial charge in [0.2, 0.25) is 0 Å². The number of fused-ring (bicyclic) bond motifs is 1. The third-order valence-electron chi connectivity index (χ3n) is 6.36. The van der Waals surface area contributed by atoms with Crippen molar-refractivity contribution < 1.29 is 14.6 Å². The Morgan fingerprint density at radius 1 is 1.15 bits per heavy atom. The fraction of sp³-hybridized carbons (Fsp3) is 0.304. The molecule has 0 bridgehead atoms. The van der Waals surface area contributed by atoms with Gasteiger partial charge in [0, 0.05) is 37.5 Å². The number of hydrogen-bond acceptors (Lipinski definition) is 6. The second kappa shape index (κ2) is 8.12. The summed E-state index contributed by atoms with van der Waals surface area (Å²) in [7, 11) is 3.60. The first-order chi connectivity index (χ1) is 16.0. The highest BCUT2D eigenvalue weighted by atomic mass is 16.5. The molecule has 170 valence electrons. The van der Waals surface area contributed by atoms with E-state index in [4.69, 9.17) is 10.5 Å². The Morgan fingerprint density at radius 2 is 1.88 bits per heavy atom. The van der Waals surface area contributed by atoms with Crippen LogP contribution in [0.5, 0.6) is 5.75 Å². The number of rotatable bonds is 4. The molecule has 0 spiro atoms. The number of anilines is 1. The van der Waals surface area contributed by atoms with Gasteiger partial charge in [0.1, 0.15) is 23.5 Å². The molecule has 1 aromatic carbocycles. The minimum atomic E-state index is -0.868. The van der Waals surface area contributed by atoms with Gasteiger partial charge in [0.05, 0.1) is 30.4 Å². The quantitative estimate of drug-likeness (QED) is 0.491. The average molecular weight is 447 g/mol. The van der Waals surface area contributed by atoms with Crippen LogP contribution in [0.3, 0.4) is 0 Å². The number of amides is 1. The summed E-state index contributed by atoms with van der Waals surface area (Å²) < 4.78 is 9.28. The van der Waals surface area contributed by atoms with E-state index < -0.39 is 6.09 Å². The number of hydrogen-bond donors (Lipinski definition) is 2. The zero-order valence-electron chi connectivity index (χ0n) is 18.5. The van der Waals surface area contributed by atoms with Crippen molar-refractivity contribution in [2.75, 3.05) is 25.9 Å². The monoisotopic (exact) mass is 447 g/mol. The lowest BCUT2D eigenvalue weighted by Crippen LogP contribution is -2.38. The molecule has 10 heteroatoms. The van der Waals surface area contributed by atoms with Crippen LogP contribution in [0, 0.1) is 0 Å². The Bertz CT molecular complexity index is 1320. The third kappa shape index (κ3) is 3.53. The number of carboxylic acid groups (broad SMARTS) is 1. The van der Waals surface area contributed by atoms with Gasteiger partial charge >= 0.3 is 6.09 Å². The Balaban J connectivity index is 1.60. The number of carbonyl (C=O) groups is 1. The molecule has 1 amide bonds. The fourth-order valence-electron chi connectivity index (χ4n) is 4.63. The van der Waals surface area contributed by atoms with Crippen molar-refractivity contribution in [3.05, 3.63) is 43.0 Å². The number of nitrogen functional groups attached to an aromatic ring is 1. The molecule has 0 unspecified atom stereocenters. The molecular weight excluding hydrogens is 422 g/mol. The molecule has 4 aromatic rings. The van der Waals surface area contributed by atoms with E-state index in [1.807, 2.05) is 53.0 Å². The van der Waals surface area contributed by atoms with Gasteiger partial charge in [-0.2, -0.15) is 5.10 Å². The fourth-order valence-corrected chi connectivity index (χ4v) is 4.63. The second-order valence-corrected chi connectivity index (χ2v) is 8.18. The zero-order valence-corrected chi connectivity index (χ0v) is 18.5.